The van der Waals surface area contributed by atoms with E-state index in [4.69, 9.17) is 0 Å². The van der Waals surface area contributed by atoms with Crippen molar-refractivity contribution in [2.45, 2.75) is 79.6 Å². The molecule has 0 aromatic rings. The number of carbonyl (C=O) groups excluding carboxylic acids is 2. The molecule has 0 aromatic heterocycles. The van der Waals surface area contributed by atoms with Crippen LogP contribution in [0.2, 0.25) is 0 Å². The molecule has 2 nitrogen and oxygen atoms in total. The average Bonchev–Trinajstić information content (AvgIpc) is 2.77. The number of rotatable bonds is 1. The molecule has 0 saturated heterocycles. The SMILES string of the molecule is CC(=O)C1(C)C(C)CC2C3CCC4=CC(=O)CCC4(C)C3CCC21C. The Morgan fingerprint density at radius 1 is 1.08 bits per heavy atom. The van der Waals surface area contributed by atoms with E-state index in [0.29, 0.717) is 29.3 Å². The number of allylic oxidation sites excluding steroid dienone is 1. The van der Waals surface area contributed by atoms with Crippen LogP contribution < -0.4 is 0 Å². The van der Waals surface area contributed by atoms with Crippen molar-refractivity contribution in [2.75, 3.05) is 0 Å². The largest absolute Gasteiger partial charge is 0.299 e. The van der Waals surface area contributed by atoms with Crippen LogP contribution in [0.4, 0.5) is 0 Å². The zero-order valence-electron chi connectivity index (χ0n) is 16.7. The highest BCUT2D eigenvalue weighted by Gasteiger charge is 2.66. The van der Waals surface area contributed by atoms with Crippen molar-refractivity contribution in [1.82, 2.24) is 0 Å². The van der Waals surface area contributed by atoms with E-state index in [2.05, 4.69) is 27.7 Å². The summed E-state index contributed by atoms with van der Waals surface area (Å²) in [5, 5.41) is 0. The standard InChI is InChI=1S/C23H34O2/c1-14-12-20-18-7-6-16-13-17(25)8-10-21(16,3)19(18)9-11-22(20,4)23(14,5)15(2)24/h13-14,18-20H,6-12H2,1-5H3. The van der Waals surface area contributed by atoms with Gasteiger partial charge in [-0.1, -0.05) is 33.3 Å². The first-order chi connectivity index (χ1) is 11.6. The van der Waals surface area contributed by atoms with E-state index in [0.717, 1.165) is 25.2 Å². The van der Waals surface area contributed by atoms with Gasteiger partial charge in [-0.2, -0.15) is 0 Å². The van der Waals surface area contributed by atoms with Crippen molar-refractivity contribution in [3.05, 3.63) is 11.6 Å². The summed E-state index contributed by atoms with van der Waals surface area (Å²) in [5.41, 5.74) is 1.66. The predicted octanol–water partition coefficient (Wildman–Crippen LogP) is 5.36. The number of hydrogen-bond donors (Lipinski definition) is 0. The minimum absolute atomic E-state index is 0.154. The molecule has 0 spiro atoms. The quantitative estimate of drug-likeness (QED) is 0.643. The lowest BCUT2D eigenvalue weighted by molar-refractivity contribution is -0.141. The highest BCUT2D eigenvalue weighted by Crippen LogP contribution is 2.71. The molecule has 4 aliphatic rings. The molecular weight excluding hydrogens is 308 g/mol. The third-order valence-electron chi connectivity index (χ3n) is 9.86. The minimum Gasteiger partial charge on any atom is -0.299 e. The highest BCUT2D eigenvalue weighted by molar-refractivity contribution is 5.91. The molecule has 0 amide bonds. The maximum atomic E-state index is 12.7. The van der Waals surface area contributed by atoms with Crippen LogP contribution >= 0.6 is 0 Å². The molecule has 7 atom stereocenters. The molecule has 0 aromatic carbocycles. The van der Waals surface area contributed by atoms with Gasteiger partial charge in [-0.3, -0.25) is 9.59 Å². The molecule has 3 fully saturated rings. The van der Waals surface area contributed by atoms with Gasteiger partial charge in [-0.05, 0) is 86.0 Å². The van der Waals surface area contributed by atoms with Crippen molar-refractivity contribution in [3.8, 4) is 0 Å². The summed E-state index contributed by atoms with van der Waals surface area (Å²) in [6.07, 6.45) is 9.70. The zero-order valence-corrected chi connectivity index (χ0v) is 16.7. The van der Waals surface area contributed by atoms with E-state index < -0.39 is 0 Å². The van der Waals surface area contributed by atoms with Gasteiger partial charge >= 0.3 is 0 Å². The maximum absolute atomic E-state index is 12.7. The van der Waals surface area contributed by atoms with E-state index in [1.54, 1.807) is 0 Å². The fraction of sp³-hybridized carbons (Fsp3) is 0.826. The Morgan fingerprint density at radius 2 is 1.80 bits per heavy atom. The summed E-state index contributed by atoms with van der Waals surface area (Å²) in [5.74, 6) is 3.33. The first kappa shape index (κ1) is 17.5. The van der Waals surface area contributed by atoms with Crippen molar-refractivity contribution in [3.63, 3.8) is 0 Å². The minimum atomic E-state index is -0.164. The summed E-state index contributed by atoms with van der Waals surface area (Å²) in [4.78, 5) is 24.6. The fourth-order valence-corrected chi connectivity index (χ4v) is 7.89. The molecule has 2 heteroatoms. The van der Waals surface area contributed by atoms with E-state index in [9.17, 15) is 9.59 Å². The van der Waals surface area contributed by atoms with Gasteiger partial charge in [0.05, 0.1) is 0 Å². The van der Waals surface area contributed by atoms with Crippen LogP contribution in [0.5, 0.6) is 0 Å². The topological polar surface area (TPSA) is 34.1 Å². The molecule has 4 aliphatic carbocycles. The normalized spacial score (nSPS) is 52.0. The number of fused-ring (bicyclic) bond motifs is 5. The lowest BCUT2D eigenvalue weighted by Crippen LogP contribution is -2.53. The number of hydrogen-bond acceptors (Lipinski definition) is 2. The fourth-order valence-electron chi connectivity index (χ4n) is 7.89. The maximum Gasteiger partial charge on any atom is 0.155 e. The Balaban J connectivity index is 1.72. The predicted molar refractivity (Wildman–Crippen MR) is 100 cm³/mol. The van der Waals surface area contributed by atoms with Gasteiger partial charge in [0.1, 0.15) is 5.78 Å². The van der Waals surface area contributed by atoms with Crippen molar-refractivity contribution < 1.29 is 9.59 Å². The van der Waals surface area contributed by atoms with E-state index >= 15 is 0 Å². The van der Waals surface area contributed by atoms with Gasteiger partial charge in [0.15, 0.2) is 5.78 Å². The highest BCUT2D eigenvalue weighted by atomic mass is 16.1. The van der Waals surface area contributed by atoms with Crippen LogP contribution in [-0.4, -0.2) is 11.6 Å². The Kier molecular flexibility index (Phi) is 3.71. The number of Topliss-reactive ketones (excluding diaryl/α,β-unsaturated/α-hetero) is 1. The molecule has 25 heavy (non-hydrogen) atoms. The molecule has 7 unspecified atom stereocenters. The zero-order chi connectivity index (χ0) is 18.2. The lowest BCUT2D eigenvalue weighted by Gasteiger charge is -2.59. The number of ketones is 2. The van der Waals surface area contributed by atoms with Crippen molar-refractivity contribution >= 4 is 11.6 Å². The second-order valence-electron chi connectivity index (χ2n) is 10.3. The summed E-state index contributed by atoms with van der Waals surface area (Å²) < 4.78 is 0. The van der Waals surface area contributed by atoms with E-state index in [1.165, 1.54) is 31.3 Å². The molecule has 3 saturated carbocycles. The van der Waals surface area contributed by atoms with Gasteiger partial charge in [0.2, 0.25) is 0 Å². The summed E-state index contributed by atoms with van der Waals surface area (Å²) in [6.45, 7) is 11.3. The third kappa shape index (κ3) is 2.03. The first-order valence-corrected chi connectivity index (χ1v) is 10.4. The molecule has 4 rings (SSSR count). The van der Waals surface area contributed by atoms with Crippen molar-refractivity contribution in [2.24, 2.45) is 39.9 Å². The van der Waals surface area contributed by atoms with Crippen LogP contribution in [-0.2, 0) is 9.59 Å². The molecular formula is C23H34O2. The molecule has 0 N–H and O–H groups in total. The van der Waals surface area contributed by atoms with Crippen LogP contribution in [0.1, 0.15) is 79.6 Å². The Bertz CT molecular complexity index is 661. The van der Waals surface area contributed by atoms with Crippen LogP contribution in [0.15, 0.2) is 11.6 Å². The summed E-state index contributed by atoms with van der Waals surface area (Å²) in [7, 11) is 0. The van der Waals surface area contributed by atoms with E-state index in [1.807, 2.05) is 13.0 Å². The van der Waals surface area contributed by atoms with Gasteiger partial charge in [-0.15, -0.1) is 0 Å². The molecule has 0 radical (unpaired) electrons. The lowest BCUT2D eigenvalue weighted by atomic mass is 9.45. The molecule has 0 bridgehead atoms. The molecule has 0 heterocycles. The van der Waals surface area contributed by atoms with Crippen LogP contribution in [0, 0.1) is 39.9 Å². The van der Waals surface area contributed by atoms with E-state index in [-0.39, 0.29) is 16.2 Å². The second kappa shape index (κ2) is 5.30. The summed E-state index contributed by atoms with van der Waals surface area (Å²) in [6, 6.07) is 0. The second-order valence-corrected chi connectivity index (χ2v) is 10.3. The van der Waals surface area contributed by atoms with Gasteiger partial charge in [0.25, 0.3) is 0 Å². The molecule has 0 aliphatic heterocycles. The van der Waals surface area contributed by atoms with Gasteiger partial charge in [0, 0.05) is 11.8 Å². The first-order valence-electron chi connectivity index (χ1n) is 10.4. The van der Waals surface area contributed by atoms with Crippen LogP contribution in [0.25, 0.3) is 0 Å². The van der Waals surface area contributed by atoms with Crippen LogP contribution in [0.3, 0.4) is 0 Å². The average molecular weight is 343 g/mol. The summed E-state index contributed by atoms with van der Waals surface area (Å²) >= 11 is 0. The molecule has 138 valence electrons. The Hall–Kier alpha value is -0.920. The van der Waals surface area contributed by atoms with Gasteiger partial charge < -0.3 is 0 Å². The third-order valence-corrected chi connectivity index (χ3v) is 9.86. The van der Waals surface area contributed by atoms with Crippen molar-refractivity contribution in [1.29, 1.82) is 0 Å². The monoisotopic (exact) mass is 342 g/mol. The van der Waals surface area contributed by atoms with Gasteiger partial charge in [-0.25, -0.2) is 0 Å². The smallest absolute Gasteiger partial charge is 0.155 e. The Labute approximate surface area is 152 Å². The Morgan fingerprint density at radius 3 is 2.48 bits per heavy atom. The number of carbonyl (C=O) groups is 2.